The number of carbonyl (C=O) groups excluding carboxylic acids is 3. The van der Waals surface area contributed by atoms with Crippen LogP contribution in [-0.2, 0) is 4.74 Å². The number of hydrogen-bond donors (Lipinski definition) is 2. The van der Waals surface area contributed by atoms with Gasteiger partial charge in [0.2, 0.25) is 0 Å². The molecule has 0 aromatic heterocycles. The van der Waals surface area contributed by atoms with Crippen molar-refractivity contribution in [3.8, 4) is 5.75 Å². The number of methoxy groups -OCH3 is 1. The molecule has 0 radical (unpaired) electrons. The van der Waals surface area contributed by atoms with Gasteiger partial charge in [0.15, 0.2) is 0 Å². The zero-order valence-electron chi connectivity index (χ0n) is 14.7. The van der Waals surface area contributed by atoms with Crippen molar-refractivity contribution in [2.45, 2.75) is 0 Å². The molecular weight excluding hydrogens is 370 g/mol. The van der Waals surface area contributed by atoms with Crippen molar-refractivity contribution in [2.24, 2.45) is 0 Å². The minimum Gasteiger partial charge on any atom is -0.506 e. The van der Waals surface area contributed by atoms with Crippen LogP contribution < -0.4 is 5.32 Å². The maximum absolute atomic E-state index is 12.5. The van der Waals surface area contributed by atoms with E-state index in [2.05, 4.69) is 5.32 Å². The number of carbonyl (C=O) groups is 3. The standard InChI is InChI=1S/C18H15N3O7/c1-28-7-6-20-17(24)12-4-2-10(8-13(12)18(20)25)16(23)19-14-9-11(21(26)27)3-5-15(14)22/h2-5,8-9,22H,6-7H2,1H3,(H,19,23). The van der Waals surface area contributed by atoms with E-state index in [0.717, 1.165) is 23.1 Å². The van der Waals surface area contributed by atoms with E-state index in [1.807, 2.05) is 0 Å². The summed E-state index contributed by atoms with van der Waals surface area (Å²) in [6, 6.07) is 7.19. The summed E-state index contributed by atoms with van der Waals surface area (Å²) in [6.07, 6.45) is 0. The van der Waals surface area contributed by atoms with Gasteiger partial charge in [0.25, 0.3) is 23.4 Å². The van der Waals surface area contributed by atoms with Crippen LogP contribution in [0.1, 0.15) is 31.1 Å². The monoisotopic (exact) mass is 385 g/mol. The quantitative estimate of drug-likeness (QED) is 0.334. The minimum absolute atomic E-state index is 0.0550. The lowest BCUT2D eigenvalue weighted by molar-refractivity contribution is -0.384. The average Bonchev–Trinajstić information content (AvgIpc) is 2.91. The second kappa shape index (κ2) is 7.45. The number of nitrogens with zero attached hydrogens (tertiary/aromatic N) is 2. The van der Waals surface area contributed by atoms with Crippen LogP contribution in [0.15, 0.2) is 36.4 Å². The molecule has 1 aliphatic rings. The van der Waals surface area contributed by atoms with Crippen LogP contribution in [0.25, 0.3) is 0 Å². The number of hydrogen-bond acceptors (Lipinski definition) is 7. The van der Waals surface area contributed by atoms with E-state index in [9.17, 15) is 29.6 Å². The van der Waals surface area contributed by atoms with Crippen LogP contribution in [-0.4, -0.2) is 52.9 Å². The second-order valence-electron chi connectivity index (χ2n) is 5.93. The Hall–Kier alpha value is -3.79. The topological polar surface area (TPSA) is 139 Å². The van der Waals surface area contributed by atoms with E-state index < -0.39 is 22.6 Å². The maximum Gasteiger partial charge on any atom is 0.271 e. The van der Waals surface area contributed by atoms with Crippen LogP contribution in [0, 0.1) is 10.1 Å². The number of nitro benzene ring substituents is 1. The van der Waals surface area contributed by atoms with Crippen LogP contribution >= 0.6 is 0 Å². The molecule has 0 unspecified atom stereocenters. The molecule has 10 heteroatoms. The molecule has 10 nitrogen and oxygen atoms in total. The predicted molar refractivity (Wildman–Crippen MR) is 96.4 cm³/mol. The Labute approximate surface area is 158 Å². The number of fused-ring (bicyclic) bond motifs is 1. The molecule has 0 aliphatic carbocycles. The summed E-state index contributed by atoms with van der Waals surface area (Å²) >= 11 is 0. The normalized spacial score (nSPS) is 12.8. The molecule has 1 aliphatic heterocycles. The van der Waals surface area contributed by atoms with Gasteiger partial charge in [0.1, 0.15) is 5.75 Å². The molecule has 3 amide bonds. The number of benzene rings is 2. The van der Waals surface area contributed by atoms with E-state index >= 15 is 0 Å². The molecule has 144 valence electrons. The van der Waals surface area contributed by atoms with Gasteiger partial charge in [0, 0.05) is 24.8 Å². The molecule has 0 atom stereocenters. The lowest BCUT2D eigenvalue weighted by Gasteiger charge is -2.12. The summed E-state index contributed by atoms with van der Waals surface area (Å²) in [5.74, 6) is -2.06. The number of ether oxygens (including phenoxy) is 1. The summed E-state index contributed by atoms with van der Waals surface area (Å²) in [7, 11) is 1.45. The number of imide groups is 1. The number of nitro groups is 1. The Bertz CT molecular complexity index is 1000. The Morgan fingerprint density at radius 3 is 2.57 bits per heavy atom. The van der Waals surface area contributed by atoms with E-state index in [4.69, 9.17) is 4.74 Å². The molecule has 2 aromatic rings. The van der Waals surface area contributed by atoms with Gasteiger partial charge < -0.3 is 15.2 Å². The van der Waals surface area contributed by atoms with Crippen LogP contribution in [0.5, 0.6) is 5.75 Å². The van der Waals surface area contributed by atoms with E-state index in [1.54, 1.807) is 0 Å². The van der Waals surface area contributed by atoms with Crippen molar-refractivity contribution in [1.29, 1.82) is 0 Å². The lowest BCUT2D eigenvalue weighted by atomic mass is 10.1. The van der Waals surface area contributed by atoms with Crippen molar-refractivity contribution in [3.05, 3.63) is 63.2 Å². The summed E-state index contributed by atoms with van der Waals surface area (Å²) in [5, 5.41) is 23.0. The fourth-order valence-corrected chi connectivity index (χ4v) is 2.75. The number of anilines is 1. The largest absolute Gasteiger partial charge is 0.506 e. The number of amides is 3. The van der Waals surface area contributed by atoms with Crippen molar-refractivity contribution < 1.29 is 29.2 Å². The van der Waals surface area contributed by atoms with Crippen molar-refractivity contribution >= 4 is 29.1 Å². The zero-order valence-corrected chi connectivity index (χ0v) is 14.7. The highest BCUT2D eigenvalue weighted by molar-refractivity contribution is 6.22. The fraction of sp³-hybridized carbons (Fsp3) is 0.167. The van der Waals surface area contributed by atoms with Gasteiger partial charge in [-0.25, -0.2) is 0 Å². The first-order valence-electron chi connectivity index (χ1n) is 8.11. The first-order chi connectivity index (χ1) is 13.3. The Morgan fingerprint density at radius 2 is 1.89 bits per heavy atom. The Morgan fingerprint density at radius 1 is 1.18 bits per heavy atom. The third kappa shape index (κ3) is 3.40. The van der Waals surface area contributed by atoms with Crippen LogP contribution in [0.3, 0.4) is 0 Å². The van der Waals surface area contributed by atoms with Gasteiger partial charge in [0.05, 0.1) is 34.9 Å². The number of nitrogens with one attached hydrogen (secondary N) is 1. The van der Waals surface area contributed by atoms with E-state index in [0.29, 0.717) is 0 Å². The van der Waals surface area contributed by atoms with Gasteiger partial charge in [-0.15, -0.1) is 0 Å². The average molecular weight is 385 g/mol. The van der Waals surface area contributed by atoms with Gasteiger partial charge in [-0.3, -0.25) is 29.4 Å². The molecule has 1 heterocycles. The highest BCUT2D eigenvalue weighted by Crippen LogP contribution is 2.29. The first kappa shape index (κ1) is 19.0. The Balaban J connectivity index is 1.85. The molecular formula is C18H15N3O7. The van der Waals surface area contributed by atoms with E-state index in [1.165, 1.54) is 25.3 Å². The molecule has 0 saturated carbocycles. The third-order valence-corrected chi connectivity index (χ3v) is 4.19. The fourth-order valence-electron chi connectivity index (χ4n) is 2.75. The SMILES string of the molecule is COCCN1C(=O)c2ccc(C(=O)Nc3cc([N+](=O)[O-])ccc3O)cc2C1=O. The lowest BCUT2D eigenvalue weighted by Crippen LogP contribution is -2.32. The van der Waals surface area contributed by atoms with Crippen molar-refractivity contribution in [1.82, 2.24) is 4.90 Å². The zero-order chi connectivity index (χ0) is 20.4. The van der Waals surface area contributed by atoms with E-state index in [-0.39, 0.29) is 47.0 Å². The predicted octanol–water partition coefficient (Wildman–Crippen LogP) is 1.80. The highest BCUT2D eigenvalue weighted by atomic mass is 16.6. The highest BCUT2D eigenvalue weighted by Gasteiger charge is 2.35. The van der Waals surface area contributed by atoms with Gasteiger partial charge >= 0.3 is 0 Å². The first-order valence-corrected chi connectivity index (χ1v) is 8.11. The summed E-state index contributed by atoms with van der Waals surface area (Å²) in [5.41, 5.74) is -0.146. The minimum atomic E-state index is -0.700. The van der Waals surface area contributed by atoms with Gasteiger partial charge in [-0.05, 0) is 24.3 Å². The Kier molecular flexibility index (Phi) is 5.05. The molecule has 0 fully saturated rings. The molecule has 3 rings (SSSR count). The molecule has 0 bridgehead atoms. The molecule has 2 N–H and O–H groups in total. The maximum atomic E-state index is 12.5. The number of phenolic OH excluding ortho intramolecular Hbond substituents is 1. The number of rotatable bonds is 6. The van der Waals surface area contributed by atoms with Crippen LogP contribution in [0.2, 0.25) is 0 Å². The molecule has 2 aromatic carbocycles. The number of non-ortho nitro benzene ring substituents is 1. The van der Waals surface area contributed by atoms with Gasteiger partial charge in [-0.2, -0.15) is 0 Å². The summed E-state index contributed by atoms with van der Waals surface area (Å²) in [4.78, 5) is 48.4. The summed E-state index contributed by atoms with van der Waals surface area (Å²) in [6.45, 7) is 0.275. The molecule has 0 spiro atoms. The molecule has 28 heavy (non-hydrogen) atoms. The van der Waals surface area contributed by atoms with Crippen LogP contribution in [0.4, 0.5) is 11.4 Å². The van der Waals surface area contributed by atoms with Crippen molar-refractivity contribution in [2.75, 3.05) is 25.6 Å². The molecule has 0 saturated heterocycles. The van der Waals surface area contributed by atoms with Crippen molar-refractivity contribution in [3.63, 3.8) is 0 Å². The third-order valence-electron chi connectivity index (χ3n) is 4.19. The van der Waals surface area contributed by atoms with Gasteiger partial charge in [-0.1, -0.05) is 0 Å². The smallest absolute Gasteiger partial charge is 0.271 e. The number of phenols is 1. The number of aromatic hydroxyl groups is 1. The summed E-state index contributed by atoms with van der Waals surface area (Å²) < 4.78 is 4.88. The second-order valence-corrected chi connectivity index (χ2v) is 5.93.